The molecule has 0 spiro atoms. The number of carbonyl (C=O) groups excluding carboxylic acids is 2. The van der Waals surface area contributed by atoms with Crippen molar-refractivity contribution >= 4 is 29.4 Å². The van der Waals surface area contributed by atoms with Crippen molar-refractivity contribution in [1.82, 2.24) is 5.32 Å². The van der Waals surface area contributed by atoms with E-state index in [0.29, 0.717) is 41.9 Å². The molecule has 1 unspecified atom stereocenters. The Hall–Kier alpha value is -2.89. The Morgan fingerprint density at radius 1 is 1.12 bits per heavy atom. The molecule has 0 fully saturated rings. The van der Waals surface area contributed by atoms with Gasteiger partial charge in [0, 0.05) is 36.4 Å². The van der Waals surface area contributed by atoms with E-state index < -0.39 is 22.8 Å². The summed E-state index contributed by atoms with van der Waals surface area (Å²) in [6.45, 7) is 6.23. The molecule has 0 saturated heterocycles. The summed E-state index contributed by atoms with van der Waals surface area (Å²) in [5.74, 6) is -1.40. The van der Waals surface area contributed by atoms with Crippen molar-refractivity contribution in [3.05, 3.63) is 62.5 Å². The topological polar surface area (TPSA) is 126 Å². The third-order valence-electron chi connectivity index (χ3n) is 4.89. The lowest BCUT2D eigenvalue weighted by Gasteiger charge is -2.31. The third kappa shape index (κ3) is 7.05. The number of non-ortho nitro benzene ring substituents is 1. The van der Waals surface area contributed by atoms with Crippen LogP contribution in [-0.4, -0.2) is 62.1 Å². The van der Waals surface area contributed by atoms with Crippen LogP contribution in [0.1, 0.15) is 32.3 Å². The molecule has 1 aliphatic rings. The fraction of sp³-hybridized carbons (Fsp3) is 0.478. The Labute approximate surface area is 202 Å². The number of esters is 2. The molecule has 0 bridgehead atoms. The lowest BCUT2D eigenvalue weighted by Crippen LogP contribution is -2.34. The molecule has 1 aromatic rings. The maximum atomic E-state index is 13.1. The molecule has 1 atom stereocenters. The standard InChI is InChI=1S/C23H30N2O8S/c1-5-32-22(26)19-15(3)24-18(13-34-14-31-11-10-30-4)21(23(27)33-6-2)20(19)16-8-7-9-17(12-16)25(28)29/h7-9,12,20,24H,5-6,10-11,13-14H2,1-4H3. The molecule has 1 aromatic carbocycles. The fourth-order valence-corrected chi connectivity index (χ4v) is 4.25. The Kier molecular flexibility index (Phi) is 11.0. The van der Waals surface area contributed by atoms with Gasteiger partial charge in [-0.15, -0.1) is 11.8 Å². The maximum Gasteiger partial charge on any atom is 0.336 e. The minimum absolute atomic E-state index is 0.127. The van der Waals surface area contributed by atoms with Crippen LogP contribution in [0.5, 0.6) is 0 Å². The number of hydrogen-bond acceptors (Lipinski definition) is 10. The van der Waals surface area contributed by atoms with Gasteiger partial charge >= 0.3 is 11.9 Å². The summed E-state index contributed by atoms with van der Waals surface area (Å²) in [7, 11) is 1.59. The fourth-order valence-electron chi connectivity index (χ4n) is 3.49. The van der Waals surface area contributed by atoms with Gasteiger partial charge in [-0.1, -0.05) is 12.1 Å². The number of rotatable bonds is 13. The van der Waals surface area contributed by atoms with Crippen LogP contribution in [0.15, 0.2) is 46.8 Å². The lowest BCUT2D eigenvalue weighted by molar-refractivity contribution is -0.384. The summed E-state index contributed by atoms with van der Waals surface area (Å²) in [5, 5.41) is 14.6. The summed E-state index contributed by atoms with van der Waals surface area (Å²) >= 11 is 1.42. The highest BCUT2D eigenvalue weighted by atomic mass is 32.2. The number of hydrogen-bond donors (Lipinski definition) is 1. The van der Waals surface area contributed by atoms with Gasteiger partial charge in [0.15, 0.2) is 0 Å². The Morgan fingerprint density at radius 3 is 2.41 bits per heavy atom. The number of methoxy groups -OCH3 is 1. The van der Waals surface area contributed by atoms with Crippen LogP contribution in [0.2, 0.25) is 0 Å². The van der Waals surface area contributed by atoms with E-state index in [9.17, 15) is 19.7 Å². The van der Waals surface area contributed by atoms with E-state index in [2.05, 4.69) is 5.32 Å². The number of benzene rings is 1. The van der Waals surface area contributed by atoms with Crippen LogP contribution in [0, 0.1) is 10.1 Å². The second-order valence-corrected chi connectivity index (χ2v) is 8.08. The second kappa shape index (κ2) is 13.7. The van der Waals surface area contributed by atoms with Crippen molar-refractivity contribution in [3.63, 3.8) is 0 Å². The lowest BCUT2D eigenvalue weighted by atomic mass is 9.80. The average molecular weight is 495 g/mol. The van der Waals surface area contributed by atoms with Crippen molar-refractivity contribution in [2.24, 2.45) is 0 Å². The monoisotopic (exact) mass is 494 g/mol. The van der Waals surface area contributed by atoms with Gasteiger partial charge < -0.3 is 24.3 Å². The predicted molar refractivity (Wildman–Crippen MR) is 127 cm³/mol. The van der Waals surface area contributed by atoms with Crippen LogP contribution in [0.4, 0.5) is 5.69 Å². The molecule has 0 aliphatic carbocycles. The molecule has 2 rings (SSSR count). The number of carbonyl (C=O) groups is 2. The Morgan fingerprint density at radius 2 is 1.79 bits per heavy atom. The summed E-state index contributed by atoms with van der Waals surface area (Å²) in [6, 6.07) is 5.88. The molecule has 1 aliphatic heterocycles. The van der Waals surface area contributed by atoms with Crippen molar-refractivity contribution < 1.29 is 33.5 Å². The largest absolute Gasteiger partial charge is 0.463 e. The number of nitrogens with one attached hydrogen (secondary N) is 1. The van der Waals surface area contributed by atoms with Crippen molar-refractivity contribution in [3.8, 4) is 0 Å². The smallest absolute Gasteiger partial charge is 0.336 e. The molecule has 11 heteroatoms. The molecule has 34 heavy (non-hydrogen) atoms. The Balaban J connectivity index is 2.55. The van der Waals surface area contributed by atoms with Crippen molar-refractivity contribution in [1.29, 1.82) is 0 Å². The first kappa shape index (κ1) is 27.4. The van der Waals surface area contributed by atoms with E-state index >= 15 is 0 Å². The van der Waals surface area contributed by atoms with Crippen LogP contribution in [0.3, 0.4) is 0 Å². The number of thioether (sulfide) groups is 1. The second-order valence-electron chi connectivity index (χ2n) is 7.15. The zero-order chi connectivity index (χ0) is 25.1. The normalized spacial score (nSPS) is 15.7. The third-order valence-corrected chi connectivity index (χ3v) is 5.72. The summed E-state index contributed by atoms with van der Waals surface area (Å²) in [4.78, 5) is 37.0. The molecule has 10 nitrogen and oxygen atoms in total. The van der Waals surface area contributed by atoms with E-state index in [0.717, 1.165) is 0 Å². The van der Waals surface area contributed by atoms with Crippen LogP contribution in [-0.2, 0) is 28.5 Å². The van der Waals surface area contributed by atoms with E-state index in [4.69, 9.17) is 18.9 Å². The van der Waals surface area contributed by atoms with Gasteiger partial charge in [-0.2, -0.15) is 0 Å². The first-order valence-corrected chi connectivity index (χ1v) is 11.9. The molecule has 186 valence electrons. The number of dihydropyridines is 1. The maximum absolute atomic E-state index is 13.1. The quantitative estimate of drug-likeness (QED) is 0.143. The molecular formula is C23H30N2O8S. The number of ether oxygens (including phenoxy) is 4. The molecule has 0 amide bonds. The van der Waals surface area contributed by atoms with Crippen molar-refractivity contribution in [2.45, 2.75) is 26.7 Å². The number of nitrogens with zero attached hydrogens (tertiary/aromatic N) is 1. The van der Waals surface area contributed by atoms with Gasteiger partial charge in [-0.25, -0.2) is 9.59 Å². The molecule has 0 aromatic heterocycles. The van der Waals surface area contributed by atoms with E-state index in [-0.39, 0.29) is 30.0 Å². The SMILES string of the molecule is CCOC(=O)C1=C(C)NC(CSCOCCOC)=C(C(=O)OCC)C1c1cccc([N+](=O)[O-])c1. The van der Waals surface area contributed by atoms with Gasteiger partial charge in [-0.05, 0) is 26.3 Å². The zero-order valence-corrected chi connectivity index (χ0v) is 20.6. The molecule has 0 radical (unpaired) electrons. The summed E-state index contributed by atoms with van der Waals surface area (Å²) in [5.41, 5.74) is 1.72. The molecular weight excluding hydrogens is 464 g/mol. The minimum atomic E-state index is -0.899. The average Bonchev–Trinajstić information content (AvgIpc) is 2.81. The number of nitro groups is 1. The minimum Gasteiger partial charge on any atom is -0.463 e. The van der Waals surface area contributed by atoms with Crippen LogP contribution < -0.4 is 5.32 Å². The first-order valence-electron chi connectivity index (χ1n) is 10.8. The molecule has 1 heterocycles. The predicted octanol–water partition coefficient (Wildman–Crippen LogP) is 3.29. The highest BCUT2D eigenvalue weighted by Gasteiger charge is 2.39. The molecule has 1 N–H and O–H groups in total. The first-order chi connectivity index (χ1) is 16.3. The van der Waals surface area contributed by atoms with E-state index in [1.54, 1.807) is 33.9 Å². The van der Waals surface area contributed by atoms with Gasteiger partial charge in [0.2, 0.25) is 0 Å². The summed E-state index contributed by atoms with van der Waals surface area (Å²) < 4.78 is 21.0. The van der Waals surface area contributed by atoms with E-state index in [1.165, 1.54) is 30.0 Å². The highest BCUT2D eigenvalue weighted by molar-refractivity contribution is 7.99. The van der Waals surface area contributed by atoms with Gasteiger partial charge in [-0.3, -0.25) is 10.1 Å². The number of allylic oxidation sites excluding steroid dienone is 1. The zero-order valence-electron chi connectivity index (χ0n) is 19.8. The Bertz CT molecular complexity index is 960. The number of nitro benzene ring substituents is 1. The van der Waals surface area contributed by atoms with Crippen LogP contribution in [0.25, 0.3) is 0 Å². The summed E-state index contributed by atoms with van der Waals surface area (Å²) in [6.07, 6.45) is 0. The highest BCUT2D eigenvalue weighted by Crippen LogP contribution is 2.40. The van der Waals surface area contributed by atoms with Crippen molar-refractivity contribution in [2.75, 3.05) is 45.2 Å². The van der Waals surface area contributed by atoms with Gasteiger partial charge in [0.1, 0.15) is 0 Å². The molecule has 0 saturated carbocycles. The van der Waals surface area contributed by atoms with Gasteiger partial charge in [0.05, 0.1) is 54.4 Å². The van der Waals surface area contributed by atoms with Crippen LogP contribution >= 0.6 is 11.8 Å². The van der Waals surface area contributed by atoms with Gasteiger partial charge in [0.25, 0.3) is 5.69 Å². The van der Waals surface area contributed by atoms with E-state index in [1.807, 2.05) is 0 Å².